The Kier molecular flexibility index (Phi) is 25.0. The predicted molar refractivity (Wildman–Crippen MR) is 213 cm³/mol. The van der Waals surface area contributed by atoms with Crippen LogP contribution < -0.4 is 0 Å². The molecule has 0 N–H and O–H groups in total. The SMILES string of the molecule is CC/C=C\C/C=C\C/C=C\C/C=C\C/C=C\C/C=C\C/C=C\CCCC(=O)OC/C=C(C)/C=C/C=C(C)/C=C/C1=C(C)CCCC1(C)C. The monoisotopic (exact) mass is 651 g/mol. The maximum atomic E-state index is 12.1. The number of carbonyl (C=O) groups excluding carboxylic acids is 1. The minimum absolute atomic E-state index is 0.135. The summed E-state index contributed by atoms with van der Waals surface area (Å²) in [6.07, 6.45) is 56.6. The zero-order valence-corrected chi connectivity index (χ0v) is 31.3. The average molecular weight is 651 g/mol. The van der Waals surface area contributed by atoms with Crippen molar-refractivity contribution in [2.45, 2.75) is 125 Å². The third-order valence-electron chi connectivity index (χ3n) is 8.21. The molecule has 0 fully saturated rings. The molecule has 0 bridgehead atoms. The largest absolute Gasteiger partial charge is 0.461 e. The molecule has 48 heavy (non-hydrogen) atoms. The molecule has 0 aromatic heterocycles. The van der Waals surface area contributed by atoms with E-state index in [1.54, 1.807) is 0 Å². The van der Waals surface area contributed by atoms with Gasteiger partial charge in [-0.1, -0.05) is 153 Å². The number of unbranched alkanes of at least 4 members (excludes halogenated alkanes) is 1. The molecule has 0 radical (unpaired) electrons. The number of hydrogen-bond acceptors (Lipinski definition) is 2. The van der Waals surface area contributed by atoms with Crippen LogP contribution in [0.2, 0.25) is 0 Å². The predicted octanol–water partition coefficient (Wildman–Crippen LogP) is 13.9. The molecule has 0 saturated heterocycles. The van der Waals surface area contributed by atoms with Crippen LogP contribution in [0.5, 0.6) is 0 Å². The molecule has 0 aliphatic heterocycles. The first-order chi connectivity index (χ1) is 23.3. The third kappa shape index (κ3) is 23.6. The van der Waals surface area contributed by atoms with Gasteiger partial charge in [-0.25, -0.2) is 0 Å². The number of hydrogen-bond donors (Lipinski definition) is 0. The van der Waals surface area contributed by atoms with Gasteiger partial charge in [-0.05, 0) is 115 Å². The van der Waals surface area contributed by atoms with Gasteiger partial charge in [0, 0.05) is 6.42 Å². The van der Waals surface area contributed by atoms with Crippen LogP contribution in [0.1, 0.15) is 125 Å². The molecule has 0 atom stereocenters. The van der Waals surface area contributed by atoms with Crippen molar-refractivity contribution in [1.82, 2.24) is 0 Å². The summed E-state index contributed by atoms with van der Waals surface area (Å²) >= 11 is 0. The van der Waals surface area contributed by atoms with Crippen LogP contribution in [-0.2, 0) is 9.53 Å². The molecule has 0 saturated carbocycles. The number of rotatable bonds is 23. The maximum absolute atomic E-state index is 12.1. The van der Waals surface area contributed by atoms with Crippen molar-refractivity contribution in [3.05, 3.63) is 144 Å². The fourth-order valence-electron chi connectivity index (χ4n) is 5.31. The number of ether oxygens (including phenoxy) is 1. The lowest BCUT2D eigenvalue weighted by molar-refractivity contribution is -0.142. The van der Waals surface area contributed by atoms with E-state index in [0.717, 1.165) is 63.4 Å². The number of esters is 1. The van der Waals surface area contributed by atoms with Crippen LogP contribution in [0.4, 0.5) is 0 Å². The van der Waals surface area contributed by atoms with Crippen molar-refractivity contribution in [3.63, 3.8) is 0 Å². The molecule has 0 aromatic carbocycles. The second-order valence-corrected chi connectivity index (χ2v) is 13.2. The summed E-state index contributed by atoms with van der Waals surface area (Å²) in [5.41, 5.74) is 5.57. The maximum Gasteiger partial charge on any atom is 0.306 e. The van der Waals surface area contributed by atoms with E-state index in [1.165, 1.54) is 36.0 Å². The Hall–Kier alpha value is -3.65. The Bertz CT molecular complexity index is 1260. The molecule has 1 aliphatic rings. The Morgan fingerprint density at radius 3 is 1.77 bits per heavy atom. The van der Waals surface area contributed by atoms with Gasteiger partial charge in [0.1, 0.15) is 6.61 Å². The minimum atomic E-state index is -0.135. The summed E-state index contributed by atoms with van der Waals surface area (Å²) in [4.78, 5) is 12.1. The van der Waals surface area contributed by atoms with E-state index in [0.29, 0.717) is 13.0 Å². The van der Waals surface area contributed by atoms with Crippen molar-refractivity contribution < 1.29 is 9.53 Å². The summed E-state index contributed by atoms with van der Waals surface area (Å²) in [5, 5.41) is 0. The molecule has 0 aromatic rings. The first-order valence-corrected chi connectivity index (χ1v) is 18.4. The quantitative estimate of drug-likeness (QED) is 0.0476. The van der Waals surface area contributed by atoms with Gasteiger partial charge in [0.15, 0.2) is 0 Å². The molecule has 262 valence electrons. The molecule has 0 unspecified atom stereocenters. The first-order valence-electron chi connectivity index (χ1n) is 18.4. The molecule has 2 heteroatoms. The molecular weight excluding hydrogens is 585 g/mol. The highest BCUT2D eigenvalue weighted by Gasteiger charge is 2.26. The van der Waals surface area contributed by atoms with Crippen LogP contribution in [0.15, 0.2) is 144 Å². The average Bonchev–Trinajstić information content (AvgIpc) is 3.04. The topological polar surface area (TPSA) is 26.3 Å². The third-order valence-corrected chi connectivity index (χ3v) is 8.21. The van der Waals surface area contributed by atoms with E-state index in [2.05, 4.69) is 150 Å². The van der Waals surface area contributed by atoms with Gasteiger partial charge < -0.3 is 4.74 Å². The van der Waals surface area contributed by atoms with Crippen LogP contribution in [-0.4, -0.2) is 12.6 Å². The summed E-state index contributed by atoms with van der Waals surface area (Å²) in [5.74, 6) is -0.135. The standard InChI is InChI=1S/C46H66O2/c1-7-8-9-10-11-12-13-14-15-16-17-18-19-20-21-22-23-24-25-26-27-28-29-35-45(47)48-40-38-42(3)33-30-32-41(2)36-37-44-43(4)34-31-39-46(44,5)6/h8-9,11-12,14-15,17-18,20-21,23-24,26-27,30,32-33,36-38H,7,10,13,16,19,22,25,28-29,31,34-35,39-40H2,1-6H3/b9-8-,12-11-,15-14-,18-17-,21-20-,24-23-,27-26-,33-30+,37-36+,41-32+,42-38+. The Balaban J connectivity index is 2.11. The van der Waals surface area contributed by atoms with Gasteiger partial charge in [-0.2, -0.15) is 0 Å². The van der Waals surface area contributed by atoms with Crippen LogP contribution in [0, 0.1) is 5.41 Å². The molecule has 0 amide bonds. The number of allylic oxidation sites excluding steroid dienone is 23. The lowest BCUT2D eigenvalue weighted by Crippen LogP contribution is -2.19. The van der Waals surface area contributed by atoms with Crippen molar-refractivity contribution >= 4 is 5.97 Å². The molecule has 0 spiro atoms. The molecule has 1 aliphatic carbocycles. The summed E-state index contributed by atoms with van der Waals surface area (Å²) in [6.45, 7) is 13.6. The van der Waals surface area contributed by atoms with Gasteiger partial charge in [0.05, 0.1) is 0 Å². The highest BCUT2D eigenvalue weighted by Crippen LogP contribution is 2.40. The minimum Gasteiger partial charge on any atom is -0.461 e. The van der Waals surface area contributed by atoms with Crippen molar-refractivity contribution in [3.8, 4) is 0 Å². The van der Waals surface area contributed by atoms with Gasteiger partial charge >= 0.3 is 5.97 Å². The van der Waals surface area contributed by atoms with E-state index in [-0.39, 0.29) is 11.4 Å². The van der Waals surface area contributed by atoms with Crippen LogP contribution >= 0.6 is 0 Å². The van der Waals surface area contributed by atoms with Crippen molar-refractivity contribution in [2.24, 2.45) is 5.41 Å². The van der Waals surface area contributed by atoms with Gasteiger partial charge in [-0.15, -0.1) is 0 Å². The molecule has 2 nitrogen and oxygen atoms in total. The van der Waals surface area contributed by atoms with E-state index in [9.17, 15) is 4.79 Å². The highest BCUT2D eigenvalue weighted by atomic mass is 16.5. The Labute approximate surface area is 295 Å². The summed E-state index contributed by atoms with van der Waals surface area (Å²) in [7, 11) is 0. The van der Waals surface area contributed by atoms with Gasteiger partial charge in [-0.3, -0.25) is 4.79 Å². The van der Waals surface area contributed by atoms with Crippen molar-refractivity contribution in [2.75, 3.05) is 6.61 Å². The fourth-order valence-corrected chi connectivity index (χ4v) is 5.31. The van der Waals surface area contributed by atoms with Crippen molar-refractivity contribution in [1.29, 1.82) is 0 Å². The smallest absolute Gasteiger partial charge is 0.306 e. The second-order valence-electron chi connectivity index (χ2n) is 13.2. The molecule has 0 heterocycles. The highest BCUT2D eigenvalue weighted by molar-refractivity contribution is 5.69. The van der Waals surface area contributed by atoms with E-state index < -0.39 is 0 Å². The van der Waals surface area contributed by atoms with Gasteiger partial charge in [0.2, 0.25) is 0 Å². The Morgan fingerprint density at radius 2 is 1.25 bits per heavy atom. The van der Waals surface area contributed by atoms with E-state index in [1.807, 2.05) is 13.0 Å². The lowest BCUT2D eigenvalue weighted by Gasteiger charge is -2.32. The summed E-state index contributed by atoms with van der Waals surface area (Å²) < 4.78 is 5.39. The fraction of sp³-hybridized carbons (Fsp3) is 0.457. The number of carbonyl (C=O) groups is 1. The van der Waals surface area contributed by atoms with Gasteiger partial charge in [0.25, 0.3) is 0 Å². The lowest BCUT2D eigenvalue weighted by atomic mass is 9.72. The van der Waals surface area contributed by atoms with E-state index >= 15 is 0 Å². The van der Waals surface area contributed by atoms with Crippen LogP contribution in [0.25, 0.3) is 0 Å². The summed E-state index contributed by atoms with van der Waals surface area (Å²) in [6, 6.07) is 0. The molecular formula is C46H66O2. The second kappa shape index (κ2) is 28.4. The van der Waals surface area contributed by atoms with E-state index in [4.69, 9.17) is 4.74 Å². The zero-order chi connectivity index (χ0) is 35.1. The van der Waals surface area contributed by atoms with Crippen LogP contribution in [0.3, 0.4) is 0 Å². The first kappa shape index (κ1) is 42.4. The zero-order valence-electron chi connectivity index (χ0n) is 31.3. The normalized spacial score (nSPS) is 16.9. The molecule has 1 rings (SSSR count). The Morgan fingerprint density at radius 1 is 0.729 bits per heavy atom.